The van der Waals surface area contributed by atoms with E-state index in [1.807, 2.05) is 32.0 Å². The molecule has 2 N–H and O–H groups in total. The molecule has 1 fully saturated rings. The minimum atomic E-state index is -1.22. The summed E-state index contributed by atoms with van der Waals surface area (Å²) >= 11 is 0. The molecule has 3 aliphatic rings. The van der Waals surface area contributed by atoms with Crippen LogP contribution in [0.5, 0.6) is 5.75 Å². The number of nitrogens with zero attached hydrogens (tertiary/aromatic N) is 2. The Kier molecular flexibility index (Phi) is 9.00. The van der Waals surface area contributed by atoms with Gasteiger partial charge in [-0.25, -0.2) is 14.4 Å². The van der Waals surface area contributed by atoms with Gasteiger partial charge in [-0.05, 0) is 43.7 Å². The number of aliphatic carboxylic acids is 1. The highest BCUT2D eigenvalue weighted by Gasteiger charge is 2.47. The highest BCUT2D eigenvalue weighted by Crippen LogP contribution is 2.33. The number of benzene rings is 1. The molecule has 1 saturated heterocycles. The number of ether oxygens (including phenoxy) is 4. The Morgan fingerprint density at radius 3 is 2.51 bits per heavy atom. The molecule has 0 radical (unpaired) electrons. The first-order chi connectivity index (χ1) is 19.2. The second-order valence-corrected chi connectivity index (χ2v) is 12.5. The minimum Gasteiger partial charge on any atom is -0.493 e. The zero-order chi connectivity index (χ0) is 29.9. The van der Waals surface area contributed by atoms with Crippen LogP contribution in [0.15, 0.2) is 18.2 Å². The third-order valence-electron chi connectivity index (χ3n) is 7.51. The lowest BCUT2D eigenvalue weighted by Crippen LogP contribution is -2.57. The molecule has 3 amide bonds. The number of fused-ring (bicyclic) bond motifs is 3. The molecule has 0 saturated carbocycles. The van der Waals surface area contributed by atoms with Crippen molar-refractivity contribution in [3.05, 3.63) is 29.3 Å². The number of alkyl carbamates (subject to hydrolysis) is 1. The normalized spacial score (nSPS) is 26.2. The number of hydrogen-bond acceptors (Lipinski definition) is 8. The molecule has 4 bridgehead atoms. The van der Waals surface area contributed by atoms with Crippen molar-refractivity contribution in [1.29, 1.82) is 0 Å². The number of carboxylic acids is 1. The number of hydrogen-bond donors (Lipinski definition) is 2. The monoisotopic (exact) mass is 575 g/mol. The first-order valence-corrected chi connectivity index (χ1v) is 14.0. The van der Waals surface area contributed by atoms with Crippen LogP contribution in [0.3, 0.4) is 0 Å². The molecule has 3 unspecified atom stereocenters. The second-order valence-electron chi connectivity index (χ2n) is 12.5. The van der Waals surface area contributed by atoms with Crippen LogP contribution in [0.2, 0.25) is 0 Å². The highest BCUT2D eigenvalue weighted by atomic mass is 16.6. The number of carbonyl (C=O) groups is 4. The second kappa shape index (κ2) is 12.1. The van der Waals surface area contributed by atoms with Gasteiger partial charge in [-0.15, -0.1) is 0 Å². The predicted molar refractivity (Wildman–Crippen MR) is 146 cm³/mol. The number of amides is 3. The SMILES string of the molecule is CC1(C)COC(=O)NC(C(C)(C)C)C(=O)N2CC(CC2C(=O)O)OC(=O)N2Cc3cccc(c3C2)OCCCCO1. The number of cyclic esters (lactones) is 1. The fourth-order valence-corrected chi connectivity index (χ4v) is 5.22. The van der Waals surface area contributed by atoms with E-state index in [-0.39, 0.29) is 19.6 Å². The number of carboxylic acid groups (broad SMARTS) is 1. The molecule has 3 heterocycles. The van der Waals surface area contributed by atoms with E-state index in [1.54, 1.807) is 20.8 Å². The Morgan fingerprint density at radius 1 is 1.07 bits per heavy atom. The molecule has 0 spiro atoms. The van der Waals surface area contributed by atoms with Crippen molar-refractivity contribution < 1.29 is 43.2 Å². The summed E-state index contributed by atoms with van der Waals surface area (Å²) in [7, 11) is 0. The molecule has 0 aliphatic carbocycles. The lowest BCUT2D eigenvalue weighted by Gasteiger charge is -2.34. The van der Waals surface area contributed by atoms with Crippen LogP contribution >= 0.6 is 0 Å². The van der Waals surface area contributed by atoms with Gasteiger partial charge in [0.15, 0.2) is 0 Å². The maximum atomic E-state index is 13.7. The van der Waals surface area contributed by atoms with Crippen LogP contribution in [0, 0.1) is 5.41 Å². The van der Waals surface area contributed by atoms with Crippen LogP contribution in [0.4, 0.5) is 9.59 Å². The van der Waals surface area contributed by atoms with E-state index in [9.17, 15) is 24.3 Å². The quantitative estimate of drug-likeness (QED) is 0.515. The van der Waals surface area contributed by atoms with Gasteiger partial charge < -0.3 is 34.3 Å². The molecular formula is C29H41N3O9. The van der Waals surface area contributed by atoms with E-state index in [0.29, 0.717) is 32.1 Å². The van der Waals surface area contributed by atoms with Crippen molar-refractivity contribution in [2.75, 3.05) is 26.4 Å². The lowest BCUT2D eigenvalue weighted by atomic mass is 9.85. The van der Waals surface area contributed by atoms with E-state index in [1.165, 1.54) is 9.80 Å². The summed E-state index contributed by atoms with van der Waals surface area (Å²) in [5, 5.41) is 12.5. The van der Waals surface area contributed by atoms with Crippen molar-refractivity contribution in [3.8, 4) is 5.75 Å². The van der Waals surface area contributed by atoms with Crippen LogP contribution in [-0.2, 0) is 36.9 Å². The average Bonchev–Trinajstić information content (AvgIpc) is 3.52. The molecule has 226 valence electrons. The van der Waals surface area contributed by atoms with E-state index in [2.05, 4.69) is 5.32 Å². The number of carbonyl (C=O) groups excluding carboxylic acids is 3. The molecule has 0 aromatic heterocycles. The molecule has 1 aromatic carbocycles. The summed E-state index contributed by atoms with van der Waals surface area (Å²) in [6.07, 6.45) is -0.820. The van der Waals surface area contributed by atoms with Gasteiger partial charge in [0.05, 0.1) is 25.3 Å². The first kappa shape index (κ1) is 30.4. The van der Waals surface area contributed by atoms with E-state index in [0.717, 1.165) is 24.0 Å². The molecule has 12 heteroatoms. The molecular weight excluding hydrogens is 534 g/mol. The van der Waals surface area contributed by atoms with Crippen molar-refractivity contribution in [2.24, 2.45) is 5.41 Å². The molecule has 3 aliphatic heterocycles. The van der Waals surface area contributed by atoms with Crippen LogP contribution < -0.4 is 10.1 Å². The van der Waals surface area contributed by atoms with E-state index >= 15 is 0 Å². The van der Waals surface area contributed by atoms with Gasteiger partial charge in [-0.1, -0.05) is 32.9 Å². The predicted octanol–water partition coefficient (Wildman–Crippen LogP) is 3.30. The maximum Gasteiger partial charge on any atom is 0.410 e. The Morgan fingerprint density at radius 2 is 1.80 bits per heavy atom. The van der Waals surface area contributed by atoms with E-state index < -0.39 is 53.3 Å². The largest absolute Gasteiger partial charge is 0.493 e. The Labute approximate surface area is 240 Å². The third-order valence-corrected chi connectivity index (χ3v) is 7.51. The smallest absolute Gasteiger partial charge is 0.410 e. The molecule has 12 nitrogen and oxygen atoms in total. The highest BCUT2D eigenvalue weighted by molar-refractivity contribution is 5.90. The average molecular weight is 576 g/mol. The summed E-state index contributed by atoms with van der Waals surface area (Å²) in [6.45, 7) is 10.3. The van der Waals surface area contributed by atoms with Gasteiger partial charge in [-0.3, -0.25) is 9.69 Å². The Hall–Kier alpha value is -3.54. The van der Waals surface area contributed by atoms with E-state index in [4.69, 9.17) is 18.9 Å². The van der Waals surface area contributed by atoms with Crippen molar-refractivity contribution >= 4 is 24.1 Å². The zero-order valence-electron chi connectivity index (χ0n) is 24.4. The third kappa shape index (κ3) is 7.41. The lowest BCUT2D eigenvalue weighted by molar-refractivity contribution is -0.150. The van der Waals surface area contributed by atoms with Crippen molar-refractivity contribution in [3.63, 3.8) is 0 Å². The van der Waals surface area contributed by atoms with Gasteiger partial charge in [-0.2, -0.15) is 0 Å². The summed E-state index contributed by atoms with van der Waals surface area (Å²) < 4.78 is 23.1. The van der Waals surface area contributed by atoms with Gasteiger partial charge in [0, 0.05) is 25.1 Å². The fourth-order valence-electron chi connectivity index (χ4n) is 5.22. The first-order valence-electron chi connectivity index (χ1n) is 14.0. The summed E-state index contributed by atoms with van der Waals surface area (Å²) in [4.78, 5) is 54.4. The number of rotatable bonds is 1. The summed E-state index contributed by atoms with van der Waals surface area (Å²) in [6, 6.07) is 3.39. The zero-order valence-corrected chi connectivity index (χ0v) is 24.4. The van der Waals surface area contributed by atoms with Gasteiger partial charge in [0.25, 0.3) is 0 Å². The van der Waals surface area contributed by atoms with Crippen LogP contribution in [-0.4, -0.2) is 89.1 Å². The van der Waals surface area contributed by atoms with Gasteiger partial charge >= 0.3 is 18.2 Å². The topological polar surface area (TPSA) is 144 Å². The van der Waals surface area contributed by atoms with Gasteiger partial charge in [0.2, 0.25) is 5.91 Å². The summed E-state index contributed by atoms with van der Waals surface area (Å²) in [5.74, 6) is -1.10. The molecule has 4 rings (SSSR count). The molecule has 3 atom stereocenters. The van der Waals surface area contributed by atoms with Gasteiger partial charge in [0.1, 0.15) is 30.5 Å². The Bertz CT molecular complexity index is 1160. The van der Waals surface area contributed by atoms with Crippen molar-refractivity contribution in [2.45, 2.75) is 90.8 Å². The van der Waals surface area contributed by atoms with Crippen LogP contribution in [0.1, 0.15) is 65.0 Å². The van der Waals surface area contributed by atoms with Crippen molar-refractivity contribution in [1.82, 2.24) is 15.1 Å². The molecule has 41 heavy (non-hydrogen) atoms. The number of nitrogens with one attached hydrogen (secondary N) is 1. The standard InChI is InChI=1S/C29H41N3O9/c1-28(2,3)23-24(33)32-15-19(13-21(32)25(34)35)41-27(37)31-14-18-9-8-10-22(20(18)16-31)38-11-6-7-12-40-29(4,5)17-39-26(36)30-23/h8-10,19,21,23H,6-7,11-17H2,1-5H3,(H,30,36)(H,34,35). The van der Waals surface area contributed by atoms with Crippen LogP contribution in [0.25, 0.3) is 0 Å². The Balaban J connectivity index is 1.57. The molecule has 1 aromatic rings. The summed E-state index contributed by atoms with van der Waals surface area (Å²) in [5.41, 5.74) is 0.338. The maximum absolute atomic E-state index is 13.7. The minimum absolute atomic E-state index is 0.0491. The fraction of sp³-hybridized carbons (Fsp3) is 0.655.